The first-order chi connectivity index (χ1) is 12.6. The number of pyridine rings is 1. The second-order valence-corrected chi connectivity index (χ2v) is 6.21. The average Bonchev–Trinajstić information content (AvgIpc) is 3.29. The van der Waals surface area contributed by atoms with Gasteiger partial charge in [0.2, 0.25) is 5.52 Å². The molecule has 1 aromatic carbocycles. The van der Waals surface area contributed by atoms with Gasteiger partial charge in [-0.25, -0.2) is 4.63 Å². The molecule has 2 aromatic heterocycles. The first-order valence-corrected chi connectivity index (χ1v) is 8.36. The molecule has 1 atom stereocenters. The Morgan fingerprint density at radius 3 is 3.00 bits per heavy atom. The Bertz CT molecular complexity index is 957. The molecule has 1 aliphatic heterocycles. The van der Waals surface area contributed by atoms with Gasteiger partial charge < -0.3 is 9.64 Å². The Balaban J connectivity index is 1.60. The number of rotatable bonds is 5. The van der Waals surface area contributed by atoms with E-state index >= 15 is 0 Å². The van der Waals surface area contributed by atoms with E-state index in [0.717, 1.165) is 36.5 Å². The van der Waals surface area contributed by atoms with Crippen molar-refractivity contribution in [1.82, 2.24) is 15.3 Å². The molecular weight excluding hydrogens is 338 g/mol. The van der Waals surface area contributed by atoms with Gasteiger partial charge in [0, 0.05) is 18.8 Å². The van der Waals surface area contributed by atoms with Crippen LogP contribution >= 0.6 is 0 Å². The summed E-state index contributed by atoms with van der Waals surface area (Å²) < 4.78 is 10.7. The second-order valence-electron chi connectivity index (χ2n) is 6.21. The lowest BCUT2D eigenvalue weighted by Crippen LogP contribution is -2.34. The number of aryl methyl sites for hydroxylation is 1. The van der Waals surface area contributed by atoms with Gasteiger partial charge in [-0.3, -0.25) is 15.1 Å². The maximum Gasteiger partial charge on any atom is 0.300 e. The molecule has 0 radical (unpaired) electrons. The van der Waals surface area contributed by atoms with E-state index in [-0.39, 0.29) is 17.2 Å². The Hall–Kier alpha value is -3.23. The van der Waals surface area contributed by atoms with Crippen molar-refractivity contribution < 1.29 is 14.3 Å². The van der Waals surface area contributed by atoms with Crippen molar-refractivity contribution in [2.45, 2.75) is 25.8 Å². The molecule has 0 unspecified atom stereocenters. The molecule has 0 bridgehead atoms. The van der Waals surface area contributed by atoms with Gasteiger partial charge in [0.15, 0.2) is 5.52 Å². The van der Waals surface area contributed by atoms with Gasteiger partial charge in [-0.05, 0) is 48.3 Å². The molecule has 1 fully saturated rings. The highest BCUT2D eigenvalue weighted by atomic mass is 16.6. The minimum atomic E-state index is -0.480. The lowest BCUT2D eigenvalue weighted by molar-refractivity contribution is -0.383. The summed E-state index contributed by atoms with van der Waals surface area (Å²) in [5.41, 5.74) is 2.09. The van der Waals surface area contributed by atoms with Gasteiger partial charge in [-0.15, -0.1) is 0 Å². The van der Waals surface area contributed by atoms with E-state index in [4.69, 9.17) is 9.37 Å². The van der Waals surface area contributed by atoms with Crippen molar-refractivity contribution in [3.63, 3.8) is 0 Å². The van der Waals surface area contributed by atoms with Gasteiger partial charge in [-0.2, -0.15) is 0 Å². The van der Waals surface area contributed by atoms with Gasteiger partial charge in [0.25, 0.3) is 0 Å². The van der Waals surface area contributed by atoms with Crippen LogP contribution in [-0.2, 0) is 0 Å². The van der Waals surface area contributed by atoms with Crippen LogP contribution in [0.4, 0.5) is 11.4 Å². The lowest BCUT2D eigenvalue weighted by Gasteiger charge is -2.26. The fourth-order valence-electron chi connectivity index (χ4n) is 3.35. The fraction of sp³-hybridized carbons (Fsp3) is 0.353. The van der Waals surface area contributed by atoms with Crippen molar-refractivity contribution in [2.24, 2.45) is 0 Å². The third-order valence-corrected chi connectivity index (χ3v) is 4.65. The van der Waals surface area contributed by atoms with E-state index in [2.05, 4.69) is 20.2 Å². The zero-order chi connectivity index (χ0) is 18.1. The van der Waals surface area contributed by atoms with E-state index in [1.165, 1.54) is 6.07 Å². The maximum atomic E-state index is 11.2. The number of nitro groups is 1. The molecule has 3 aromatic rings. The molecule has 3 heterocycles. The van der Waals surface area contributed by atoms with Crippen LogP contribution < -0.4 is 9.64 Å². The number of non-ortho nitro benzene ring substituents is 1. The van der Waals surface area contributed by atoms with Crippen molar-refractivity contribution in [3.05, 3.63) is 46.3 Å². The summed E-state index contributed by atoms with van der Waals surface area (Å²) in [6.45, 7) is 3.22. The summed E-state index contributed by atoms with van der Waals surface area (Å²) in [6, 6.07) is 7.03. The monoisotopic (exact) mass is 355 g/mol. The average molecular weight is 355 g/mol. The van der Waals surface area contributed by atoms with Crippen molar-refractivity contribution >= 4 is 22.4 Å². The van der Waals surface area contributed by atoms with Gasteiger partial charge in [0.1, 0.15) is 12.4 Å². The van der Waals surface area contributed by atoms with E-state index < -0.39 is 4.92 Å². The van der Waals surface area contributed by atoms with Crippen LogP contribution in [-0.4, -0.2) is 39.4 Å². The van der Waals surface area contributed by atoms with E-state index in [0.29, 0.717) is 12.1 Å². The molecule has 1 saturated heterocycles. The standard InChI is InChI=1S/C17H17N5O4/c1-11-15(5-2-8-18-11)25-10-12-4-3-9-21(12)13-6-7-14(22(23)24)17-16(13)19-26-20-17/h2,5-8,12H,3-4,9-10H2,1H3/t12-/m0/s1. The number of fused-ring (bicyclic) bond motifs is 1. The predicted molar refractivity (Wildman–Crippen MR) is 93.3 cm³/mol. The first kappa shape index (κ1) is 16.2. The van der Waals surface area contributed by atoms with Crippen LogP contribution in [0, 0.1) is 17.0 Å². The number of hydrogen-bond donors (Lipinski definition) is 0. The summed E-state index contributed by atoms with van der Waals surface area (Å²) in [6.07, 6.45) is 3.70. The van der Waals surface area contributed by atoms with Crippen molar-refractivity contribution in [3.8, 4) is 5.75 Å². The number of anilines is 1. The zero-order valence-corrected chi connectivity index (χ0v) is 14.2. The second kappa shape index (κ2) is 6.58. The normalized spacial score (nSPS) is 17.0. The maximum absolute atomic E-state index is 11.2. The number of nitro benzene ring substituents is 1. The van der Waals surface area contributed by atoms with Crippen LogP contribution in [0.1, 0.15) is 18.5 Å². The Morgan fingerprint density at radius 2 is 2.19 bits per heavy atom. The van der Waals surface area contributed by atoms with Crippen LogP contribution in [0.25, 0.3) is 11.0 Å². The molecule has 1 aliphatic rings. The molecule has 0 N–H and O–H groups in total. The third kappa shape index (κ3) is 2.81. The quantitative estimate of drug-likeness (QED) is 0.508. The molecule has 9 heteroatoms. The Morgan fingerprint density at radius 1 is 1.35 bits per heavy atom. The summed E-state index contributed by atoms with van der Waals surface area (Å²) in [5.74, 6) is 0.760. The molecule has 134 valence electrons. The summed E-state index contributed by atoms with van der Waals surface area (Å²) in [7, 11) is 0. The highest BCUT2D eigenvalue weighted by Gasteiger charge is 2.30. The number of aromatic nitrogens is 3. The topological polar surface area (TPSA) is 107 Å². The van der Waals surface area contributed by atoms with Crippen molar-refractivity contribution in [2.75, 3.05) is 18.1 Å². The van der Waals surface area contributed by atoms with Gasteiger partial charge in [-0.1, -0.05) is 0 Å². The smallest absolute Gasteiger partial charge is 0.300 e. The van der Waals surface area contributed by atoms with E-state index in [9.17, 15) is 10.1 Å². The molecule has 0 aliphatic carbocycles. The van der Waals surface area contributed by atoms with Crippen LogP contribution in [0.15, 0.2) is 35.1 Å². The molecule has 26 heavy (non-hydrogen) atoms. The molecule has 0 amide bonds. The minimum Gasteiger partial charge on any atom is -0.490 e. The molecule has 0 saturated carbocycles. The van der Waals surface area contributed by atoms with E-state index in [1.54, 1.807) is 12.3 Å². The first-order valence-electron chi connectivity index (χ1n) is 8.36. The van der Waals surface area contributed by atoms with Crippen LogP contribution in [0.3, 0.4) is 0 Å². The zero-order valence-electron chi connectivity index (χ0n) is 14.2. The number of hydrogen-bond acceptors (Lipinski definition) is 8. The Labute approximate surface area is 148 Å². The van der Waals surface area contributed by atoms with Gasteiger partial charge >= 0.3 is 5.69 Å². The predicted octanol–water partition coefficient (Wildman–Crippen LogP) is 2.88. The summed E-state index contributed by atoms with van der Waals surface area (Å²) in [5, 5.41) is 18.8. The molecular formula is C17H17N5O4. The number of nitrogens with zero attached hydrogens (tertiary/aromatic N) is 5. The SMILES string of the molecule is Cc1ncccc1OC[C@@H]1CCCN1c1ccc([N+](=O)[O-])c2nonc12. The third-order valence-electron chi connectivity index (χ3n) is 4.65. The lowest BCUT2D eigenvalue weighted by atomic mass is 10.2. The summed E-state index contributed by atoms with van der Waals surface area (Å²) >= 11 is 0. The fourth-order valence-corrected chi connectivity index (χ4v) is 3.35. The summed E-state index contributed by atoms with van der Waals surface area (Å²) in [4.78, 5) is 17.1. The van der Waals surface area contributed by atoms with Crippen LogP contribution in [0.5, 0.6) is 5.75 Å². The Kier molecular flexibility index (Phi) is 4.11. The minimum absolute atomic E-state index is 0.108. The van der Waals surface area contributed by atoms with Gasteiger partial charge in [0.05, 0.1) is 22.3 Å². The molecule has 0 spiro atoms. The largest absolute Gasteiger partial charge is 0.490 e. The number of ether oxygens (including phenoxy) is 1. The molecule has 4 rings (SSSR count). The van der Waals surface area contributed by atoms with E-state index in [1.807, 2.05) is 19.1 Å². The van der Waals surface area contributed by atoms with Crippen molar-refractivity contribution in [1.29, 1.82) is 0 Å². The molecule has 9 nitrogen and oxygen atoms in total. The highest BCUT2D eigenvalue weighted by molar-refractivity contribution is 5.94. The van der Waals surface area contributed by atoms with Crippen LogP contribution in [0.2, 0.25) is 0 Å². The highest BCUT2D eigenvalue weighted by Crippen LogP contribution is 2.35. The number of benzene rings is 1.